The van der Waals surface area contributed by atoms with Crippen molar-refractivity contribution in [3.8, 4) is 5.75 Å². The Labute approximate surface area is 217 Å². The molecule has 0 bridgehead atoms. The summed E-state index contributed by atoms with van der Waals surface area (Å²) in [5, 5.41) is 11.4. The molecule has 0 unspecified atom stereocenters. The minimum atomic E-state index is -4.53. The lowest BCUT2D eigenvalue weighted by molar-refractivity contribution is -0.385. The third-order valence-corrected chi connectivity index (χ3v) is 5.92. The molecule has 0 saturated carbocycles. The summed E-state index contributed by atoms with van der Waals surface area (Å²) in [6.07, 6.45) is -4.53. The molecule has 4 rings (SSSR count). The van der Waals surface area contributed by atoms with E-state index in [0.29, 0.717) is 23.5 Å². The summed E-state index contributed by atoms with van der Waals surface area (Å²) in [6, 6.07) is 24.9. The molecule has 0 saturated heterocycles. The number of amides is 1. The first kappa shape index (κ1) is 26.4. The van der Waals surface area contributed by atoms with E-state index in [2.05, 4.69) is 0 Å². The number of benzene rings is 4. The van der Waals surface area contributed by atoms with E-state index in [9.17, 15) is 28.1 Å². The van der Waals surface area contributed by atoms with Crippen LogP contribution >= 0.6 is 0 Å². The van der Waals surface area contributed by atoms with Gasteiger partial charge >= 0.3 is 6.18 Å². The van der Waals surface area contributed by atoms with Crippen LogP contribution in [0.1, 0.15) is 32.6 Å². The van der Waals surface area contributed by atoms with Crippen LogP contribution in [0.4, 0.5) is 24.5 Å². The monoisotopic (exact) mass is 520 g/mol. The van der Waals surface area contributed by atoms with E-state index in [1.165, 1.54) is 35.2 Å². The predicted molar refractivity (Wildman–Crippen MR) is 137 cm³/mol. The average Bonchev–Trinajstić information content (AvgIpc) is 2.91. The molecule has 0 atom stereocenters. The summed E-state index contributed by atoms with van der Waals surface area (Å²) in [4.78, 5) is 25.6. The van der Waals surface area contributed by atoms with Crippen LogP contribution in [-0.2, 0) is 19.3 Å². The van der Waals surface area contributed by atoms with Crippen molar-refractivity contribution in [3.05, 3.63) is 135 Å². The van der Waals surface area contributed by atoms with Crippen molar-refractivity contribution in [2.75, 3.05) is 4.90 Å². The number of nitro benzene ring substituents is 1. The van der Waals surface area contributed by atoms with Gasteiger partial charge in [0.25, 0.3) is 11.6 Å². The first-order valence-corrected chi connectivity index (χ1v) is 11.6. The zero-order valence-electron chi connectivity index (χ0n) is 20.3. The maximum Gasteiger partial charge on any atom is 0.416 e. The molecule has 6 nitrogen and oxygen atoms in total. The Morgan fingerprint density at radius 1 is 0.895 bits per heavy atom. The molecule has 4 aromatic rings. The molecule has 0 heterocycles. The van der Waals surface area contributed by atoms with E-state index in [1.807, 2.05) is 30.3 Å². The number of rotatable bonds is 8. The topological polar surface area (TPSA) is 72.7 Å². The third kappa shape index (κ3) is 6.36. The maximum absolute atomic E-state index is 13.5. The second kappa shape index (κ2) is 11.2. The SMILES string of the molecule is Cc1ccc(C(=O)N(Cc2ccc(OCc3ccccc3)cc2)c2ccc(C(F)(F)F)cc2)cc1[N+](=O)[O-]. The van der Waals surface area contributed by atoms with E-state index in [0.717, 1.165) is 17.7 Å². The number of hydrogen-bond donors (Lipinski definition) is 0. The minimum absolute atomic E-state index is 0.0187. The molecular formula is C29H23F3N2O4. The van der Waals surface area contributed by atoms with Crippen LogP contribution in [0.5, 0.6) is 5.75 Å². The summed E-state index contributed by atoms with van der Waals surface area (Å²) in [7, 11) is 0. The van der Waals surface area contributed by atoms with Crippen LogP contribution in [0.2, 0.25) is 0 Å². The average molecular weight is 521 g/mol. The molecule has 0 aliphatic carbocycles. The number of anilines is 1. The summed E-state index contributed by atoms with van der Waals surface area (Å²) in [5.74, 6) is 0.0245. The van der Waals surface area contributed by atoms with Gasteiger partial charge in [0.05, 0.1) is 17.0 Å². The molecule has 38 heavy (non-hydrogen) atoms. The second-order valence-electron chi connectivity index (χ2n) is 8.61. The number of aryl methyl sites for hydroxylation is 1. The quantitative estimate of drug-likeness (QED) is 0.180. The molecule has 0 aromatic heterocycles. The zero-order valence-corrected chi connectivity index (χ0v) is 20.3. The van der Waals surface area contributed by atoms with E-state index >= 15 is 0 Å². The van der Waals surface area contributed by atoms with Crippen molar-refractivity contribution in [2.45, 2.75) is 26.3 Å². The molecule has 0 fully saturated rings. The molecule has 0 N–H and O–H groups in total. The Bertz CT molecular complexity index is 1420. The van der Waals surface area contributed by atoms with Crippen molar-refractivity contribution in [1.29, 1.82) is 0 Å². The number of carbonyl (C=O) groups excluding carboxylic acids is 1. The number of nitro groups is 1. The summed E-state index contributed by atoms with van der Waals surface area (Å²) in [6.45, 7) is 1.95. The van der Waals surface area contributed by atoms with Crippen molar-refractivity contribution in [3.63, 3.8) is 0 Å². The van der Waals surface area contributed by atoms with Gasteiger partial charge in [0.2, 0.25) is 0 Å². The fourth-order valence-electron chi connectivity index (χ4n) is 3.82. The van der Waals surface area contributed by atoms with E-state index in [4.69, 9.17) is 4.74 Å². The Balaban J connectivity index is 1.60. The Kier molecular flexibility index (Phi) is 7.76. The highest BCUT2D eigenvalue weighted by molar-refractivity contribution is 6.06. The maximum atomic E-state index is 13.5. The fraction of sp³-hybridized carbons (Fsp3) is 0.138. The number of nitrogens with zero attached hydrogens (tertiary/aromatic N) is 2. The van der Waals surface area contributed by atoms with Gasteiger partial charge in [-0.1, -0.05) is 48.5 Å². The lowest BCUT2D eigenvalue weighted by Gasteiger charge is -2.24. The van der Waals surface area contributed by atoms with Crippen molar-refractivity contribution in [1.82, 2.24) is 0 Å². The summed E-state index contributed by atoms with van der Waals surface area (Å²) >= 11 is 0. The van der Waals surface area contributed by atoms with Gasteiger partial charge in [-0.05, 0) is 60.5 Å². The van der Waals surface area contributed by atoms with Crippen LogP contribution in [0.3, 0.4) is 0 Å². The highest BCUT2D eigenvalue weighted by Gasteiger charge is 2.30. The fourth-order valence-corrected chi connectivity index (χ4v) is 3.82. The van der Waals surface area contributed by atoms with Crippen molar-refractivity contribution < 1.29 is 27.6 Å². The Hall–Kier alpha value is -4.66. The van der Waals surface area contributed by atoms with Crippen molar-refractivity contribution >= 4 is 17.3 Å². The second-order valence-corrected chi connectivity index (χ2v) is 8.61. The molecular weight excluding hydrogens is 497 g/mol. The highest BCUT2D eigenvalue weighted by atomic mass is 19.4. The summed E-state index contributed by atoms with van der Waals surface area (Å²) < 4.78 is 45.1. The van der Waals surface area contributed by atoms with Gasteiger partial charge < -0.3 is 9.64 Å². The van der Waals surface area contributed by atoms with E-state index in [1.54, 1.807) is 31.2 Å². The molecule has 0 spiro atoms. The number of ether oxygens (including phenoxy) is 1. The van der Waals surface area contributed by atoms with Crippen LogP contribution < -0.4 is 9.64 Å². The number of halogens is 3. The Morgan fingerprint density at radius 2 is 1.55 bits per heavy atom. The van der Waals surface area contributed by atoms with Gasteiger partial charge in [-0.2, -0.15) is 13.2 Å². The molecule has 194 valence electrons. The minimum Gasteiger partial charge on any atom is -0.489 e. The largest absolute Gasteiger partial charge is 0.489 e. The Morgan fingerprint density at radius 3 is 2.16 bits per heavy atom. The van der Waals surface area contributed by atoms with Gasteiger partial charge in [0.15, 0.2) is 0 Å². The standard InChI is InChI=1S/C29H23F3N2O4/c1-20-7-10-23(17-27(20)34(36)37)28(35)33(25-13-11-24(12-14-25)29(30,31)32)18-21-8-15-26(16-9-21)38-19-22-5-3-2-4-6-22/h2-17H,18-19H2,1H3. The van der Waals surface area contributed by atoms with Gasteiger partial charge in [-0.3, -0.25) is 14.9 Å². The molecule has 4 aromatic carbocycles. The van der Waals surface area contributed by atoms with Crippen molar-refractivity contribution in [2.24, 2.45) is 0 Å². The third-order valence-electron chi connectivity index (χ3n) is 5.92. The van der Waals surface area contributed by atoms with Gasteiger partial charge in [-0.25, -0.2) is 0 Å². The molecule has 1 amide bonds. The van der Waals surface area contributed by atoms with Crippen LogP contribution in [-0.4, -0.2) is 10.8 Å². The van der Waals surface area contributed by atoms with Gasteiger partial charge in [-0.15, -0.1) is 0 Å². The molecule has 9 heteroatoms. The molecule has 0 aliphatic rings. The predicted octanol–water partition coefficient (Wildman–Crippen LogP) is 7.35. The van der Waals surface area contributed by atoms with Gasteiger partial charge in [0, 0.05) is 22.9 Å². The number of alkyl halides is 3. The lowest BCUT2D eigenvalue weighted by Crippen LogP contribution is -2.30. The van der Waals surface area contributed by atoms with Crippen LogP contribution in [0, 0.1) is 17.0 Å². The molecule has 0 radical (unpaired) electrons. The first-order chi connectivity index (χ1) is 18.1. The van der Waals surface area contributed by atoms with Crippen LogP contribution in [0.25, 0.3) is 0 Å². The van der Waals surface area contributed by atoms with E-state index in [-0.39, 0.29) is 23.5 Å². The smallest absolute Gasteiger partial charge is 0.416 e. The van der Waals surface area contributed by atoms with Crippen LogP contribution in [0.15, 0.2) is 97.1 Å². The highest BCUT2D eigenvalue weighted by Crippen LogP contribution is 2.32. The van der Waals surface area contributed by atoms with Gasteiger partial charge in [0.1, 0.15) is 12.4 Å². The number of hydrogen-bond acceptors (Lipinski definition) is 4. The first-order valence-electron chi connectivity index (χ1n) is 11.6. The normalized spacial score (nSPS) is 11.2. The summed E-state index contributed by atoms with van der Waals surface area (Å²) in [5.41, 5.74) is 1.27. The number of carbonyl (C=O) groups is 1. The molecule has 0 aliphatic heterocycles. The zero-order chi connectivity index (χ0) is 27.3. The van der Waals surface area contributed by atoms with E-state index < -0.39 is 22.6 Å². The lowest BCUT2D eigenvalue weighted by atomic mass is 10.1.